The van der Waals surface area contributed by atoms with Gasteiger partial charge in [0.2, 0.25) is 0 Å². The van der Waals surface area contributed by atoms with Gasteiger partial charge in [-0.3, -0.25) is 4.79 Å². The summed E-state index contributed by atoms with van der Waals surface area (Å²) in [5, 5.41) is 12.1. The predicted octanol–water partition coefficient (Wildman–Crippen LogP) is 2.38. The fraction of sp³-hybridized carbons (Fsp3) is 0.368. The van der Waals surface area contributed by atoms with Crippen molar-refractivity contribution in [2.45, 2.75) is 32.0 Å². The van der Waals surface area contributed by atoms with Gasteiger partial charge < -0.3 is 14.2 Å². The van der Waals surface area contributed by atoms with E-state index < -0.39 is 0 Å². The Morgan fingerprint density at radius 1 is 1.33 bits per heavy atom. The number of carbonyl (C=O) groups is 1. The molecule has 1 aliphatic heterocycles. The zero-order chi connectivity index (χ0) is 18.6. The Labute approximate surface area is 156 Å². The molecule has 0 saturated carbocycles. The van der Waals surface area contributed by atoms with Gasteiger partial charge in [-0.15, -0.1) is 5.10 Å². The monoisotopic (exact) mass is 367 g/mol. The molecule has 1 aliphatic rings. The maximum atomic E-state index is 12.6. The van der Waals surface area contributed by atoms with Crippen LogP contribution in [0.5, 0.6) is 0 Å². The van der Waals surface area contributed by atoms with Crippen LogP contribution in [-0.2, 0) is 17.8 Å². The van der Waals surface area contributed by atoms with E-state index in [2.05, 4.69) is 15.5 Å². The Balaban J connectivity index is 1.38. The normalized spacial score (nSPS) is 16.6. The first-order valence-electron chi connectivity index (χ1n) is 8.97. The molecule has 8 heteroatoms. The highest BCUT2D eigenvalue weighted by molar-refractivity contribution is 5.91. The number of ether oxygens (including phenoxy) is 1. The molecule has 8 nitrogen and oxygen atoms in total. The molecule has 1 unspecified atom stereocenters. The second kappa shape index (κ2) is 7.71. The van der Waals surface area contributed by atoms with Gasteiger partial charge >= 0.3 is 0 Å². The number of hydrogen-bond acceptors (Lipinski definition) is 6. The number of hydrogen-bond donors (Lipinski definition) is 0. The summed E-state index contributed by atoms with van der Waals surface area (Å²) in [6.07, 6.45) is 3.89. The van der Waals surface area contributed by atoms with Gasteiger partial charge in [-0.25, -0.2) is 4.68 Å². The van der Waals surface area contributed by atoms with E-state index in [-0.39, 0.29) is 12.0 Å². The third kappa shape index (κ3) is 4.06. The second-order valence-corrected chi connectivity index (χ2v) is 6.67. The van der Waals surface area contributed by atoms with Gasteiger partial charge in [0.1, 0.15) is 5.69 Å². The zero-order valence-corrected chi connectivity index (χ0v) is 15.1. The summed E-state index contributed by atoms with van der Waals surface area (Å²) in [6.45, 7) is 1.71. The van der Waals surface area contributed by atoms with E-state index in [4.69, 9.17) is 9.26 Å². The van der Waals surface area contributed by atoms with Gasteiger partial charge in [0.15, 0.2) is 11.5 Å². The van der Waals surface area contributed by atoms with Crippen molar-refractivity contribution in [1.29, 1.82) is 0 Å². The fourth-order valence-electron chi connectivity index (χ4n) is 3.12. The second-order valence-electron chi connectivity index (χ2n) is 6.67. The molecule has 140 valence electrons. The summed E-state index contributed by atoms with van der Waals surface area (Å²) in [5.74, 6) is 0.391. The van der Waals surface area contributed by atoms with Crippen molar-refractivity contribution in [2.24, 2.45) is 0 Å². The summed E-state index contributed by atoms with van der Waals surface area (Å²) in [7, 11) is 1.70. The SMILES string of the molecule is CN(Cc1cc(-c2ccccc2)no1)C(=O)c1cn(CC2CCCO2)nn1. The van der Waals surface area contributed by atoms with Crippen molar-refractivity contribution >= 4 is 5.91 Å². The summed E-state index contributed by atoms with van der Waals surface area (Å²) in [4.78, 5) is 14.1. The number of amides is 1. The summed E-state index contributed by atoms with van der Waals surface area (Å²) < 4.78 is 12.6. The van der Waals surface area contributed by atoms with E-state index in [1.807, 2.05) is 36.4 Å². The van der Waals surface area contributed by atoms with E-state index in [1.165, 1.54) is 4.90 Å². The molecule has 0 N–H and O–H groups in total. The van der Waals surface area contributed by atoms with E-state index in [0.717, 1.165) is 30.7 Å². The highest BCUT2D eigenvalue weighted by Crippen LogP contribution is 2.19. The topological polar surface area (TPSA) is 86.3 Å². The predicted molar refractivity (Wildman–Crippen MR) is 96.7 cm³/mol. The van der Waals surface area contributed by atoms with E-state index in [0.29, 0.717) is 24.5 Å². The molecule has 0 spiro atoms. The molecule has 0 aliphatic carbocycles. The molecule has 1 fully saturated rings. The molecule has 0 bridgehead atoms. The third-order valence-corrected chi connectivity index (χ3v) is 4.54. The largest absolute Gasteiger partial charge is 0.376 e. The Bertz CT molecular complexity index is 899. The van der Waals surface area contributed by atoms with Crippen LogP contribution in [0.25, 0.3) is 11.3 Å². The van der Waals surface area contributed by atoms with Crippen molar-refractivity contribution < 1.29 is 14.1 Å². The number of rotatable bonds is 6. The van der Waals surface area contributed by atoms with E-state index >= 15 is 0 Å². The van der Waals surface area contributed by atoms with Crippen molar-refractivity contribution in [2.75, 3.05) is 13.7 Å². The minimum Gasteiger partial charge on any atom is -0.376 e. The Kier molecular flexibility index (Phi) is 4.97. The van der Waals surface area contributed by atoms with E-state index in [1.54, 1.807) is 17.9 Å². The Morgan fingerprint density at radius 2 is 2.19 bits per heavy atom. The number of benzene rings is 1. The van der Waals surface area contributed by atoms with Crippen LogP contribution in [-0.4, -0.2) is 50.7 Å². The number of nitrogens with zero attached hydrogens (tertiary/aromatic N) is 5. The molecular formula is C19H21N5O3. The third-order valence-electron chi connectivity index (χ3n) is 4.54. The molecule has 1 saturated heterocycles. The van der Waals surface area contributed by atoms with Crippen molar-refractivity contribution in [3.05, 3.63) is 54.0 Å². The molecule has 0 radical (unpaired) electrons. The molecule has 3 heterocycles. The highest BCUT2D eigenvalue weighted by Gasteiger charge is 2.20. The average Bonchev–Trinajstić information content (AvgIpc) is 3.44. The summed E-state index contributed by atoms with van der Waals surface area (Å²) >= 11 is 0. The smallest absolute Gasteiger partial charge is 0.276 e. The molecule has 1 atom stereocenters. The summed E-state index contributed by atoms with van der Waals surface area (Å²) in [6, 6.07) is 11.6. The van der Waals surface area contributed by atoms with E-state index in [9.17, 15) is 4.79 Å². The molecule has 1 amide bonds. The standard InChI is InChI=1S/C19H21N5O3/c1-23(11-16-10-17(21-27-16)14-6-3-2-4-7-14)19(25)18-13-24(22-20-18)12-15-8-5-9-26-15/h2-4,6-7,10,13,15H,5,8-9,11-12H2,1H3. The van der Waals surface area contributed by atoms with Crippen molar-refractivity contribution in [3.8, 4) is 11.3 Å². The lowest BCUT2D eigenvalue weighted by Crippen LogP contribution is -2.26. The lowest BCUT2D eigenvalue weighted by molar-refractivity contribution is 0.0765. The molecule has 1 aromatic carbocycles. The minimum atomic E-state index is -0.216. The van der Waals surface area contributed by atoms with Crippen LogP contribution in [0.4, 0.5) is 0 Å². The van der Waals surface area contributed by atoms with Gasteiger partial charge in [0.05, 0.1) is 25.4 Å². The average molecular weight is 367 g/mol. The molecule has 2 aromatic heterocycles. The quantitative estimate of drug-likeness (QED) is 0.665. The van der Waals surface area contributed by atoms with Crippen LogP contribution in [0.15, 0.2) is 47.1 Å². The van der Waals surface area contributed by atoms with Crippen LogP contribution >= 0.6 is 0 Å². The minimum absolute atomic E-state index is 0.151. The molecule has 27 heavy (non-hydrogen) atoms. The van der Waals surface area contributed by atoms with Gasteiger partial charge in [-0.05, 0) is 12.8 Å². The lowest BCUT2D eigenvalue weighted by atomic mass is 10.1. The van der Waals surface area contributed by atoms with Gasteiger partial charge in [0, 0.05) is 25.3 Å². The molecule has 4 rings (SSSR count). The first-order chi connectivity index (χ1) is 13.2. The highest BCUT2D eigenvalue weighted by atomic mass is 16.5. The Morgan fingerprint density at radius 3 is 2.96 bits per heavy atom. The van der Waals surface area contributed by atoms with Gasteiger partial charge in [-0.2, -0.15) is 0 Å². The lowest BCUT2D eigenvalue weighted by Gasteiger charge is -2.13. The van der Waals surface area contributed by atoms with Crippen molar-refractivity contribution in [3.63, 3.8) is 0 Å². The van der Waals surface area contributed by atoms with Crippen LogP contribution < -0.4 is 0 Å². The first kappa shape index (κ1) is 17.4. The maximum Gasteiger partial charge on any atom is 0.276 e. The number of carbonyl (C=O) groups excluding carboxylic acids is 1. The van der Waals surface area contributed by atoms with Crippen LogP contribution in [0.1, 0.15) is 29.1 Å². The Hall–Kier alpha value is -3.00. The summed E-state index contributed by atoms with van der Waals surface area (Å²) in [5.41, 5.74) is 2.02. The van der Waals surface area contributed by atoms with Gasteiger partial charge in [0.25, 0.3) is 5.91 Å². The molecule has 3 aromatic rings. The maximum absolute atomic E-state index is 12.6. The first-order valence-corrected chi connectivity index (χ1v) is 8.97. The van der Waals surface area contributed by atoms with Crippen LogP contribution in [0.3, 0.4) is 0 Å². The zero-order valence-electron chi connectivity index (χ0n) is 15.1. The molecular weight excluding hydrogens is 346 g/mol. The fourth-order valence-corrected chi connectivity index (χ4v) is 3.12. The van der Waals surface area contributed by atoms with Crippen LogP contribution in [0, 0.1) is 0 Å². The van der Waals surface area contributed by atoms with Gasteiger partial charge in [-0.1, -0.05) is 40.7 Å². The number of aromatic nitrogens is 4. The van der Waals surface area contributed by atoms with Crippen molar-refractivity contribution in [1.82, 2.24) is 25.1 Å². The van der Waals surface area contributed by atoms with Crippen LogP contribution in [0.2, 0.25) is 0 Å².